The predicted molar refractivity (Wildman–Crippen MR) is 161 cm³/mol. The average Bonchev–Trinajstić information content (AvgIpc) is 3.29. The predicted octanol–water partition coefficient (Wildman–Crippen LogP) is 2.97. The molecule has 0 spiro atoms. The van der Waals surface area contributed by atoms with Crippen LogP contribution in [0, 0.1) is 13.8 Å². The Balaban J connectivity index is 1.32. The summed E-state index contributed by atoms with van der Waals surface area (Å²) in [5, 5.41) is 20.0. The van der Waals surface area contributed by atoms with E-state index >= 15 is 0 Å². The smallest absolute Gasteiger partial charge is 0.338 e. The molecule has 1 saturated heterocycles. The van der Waals surface area contributed by atoms with Gasteiger partial charge < -0.3 is 20.1 Å². The Morgan fingerprint density at radius 1 is 1.07 bits per heavy atom. The van der Waals surface area contributed by atoms with Crippen molar-refractivity contribution in [1.82, 2.24) is 35.0 Å². The molecule has 15 heteroatoms. The first-order valence-electron chi connectivity index (χ1n) is 13.8. The lowest BCUT2D eigenvalue weighted by atomic mass is 10.2. The van der Waals surface area contributed by atoms with Crippen molar-refractivity contribution in [1.29, 1.82) is 0 Å². The SMILES string of the molecule is Cc1n[nH]c(Nc2ncnc3cc(OCCN4CCN(c5ncc(C(=O)O)cn5)CC4)c(S(=O)(=O)C(C)(C)C)cc23)c1C. The Hall–Kier alpha value is -4.37. The number of aryl methyl sites for hydroxylation is 1. The summed E-state index contributed by atoms with van der Waals surface area (Å²) >= 11 is 0. The van der Waals surface area contributed by atoms with Crippen LogP contribution in [0.4, 0.5) is 17.6 Å². The number of nitrogens with one attached hydrogen (secondary N) is 2. The van der Waals surface area contributed by atoms with Gasteiger partial charge in [0.25, 0.3) is 0 Å². The Kier molecular flexibility index (Phi) is 8.21. The number of hydrogen-bond acceptors (Lipinski definition) is 12. The maximum atomic E-state index is 13.7. The number of aromatic amines is 1. The molecule has 0 atom stereocenters. The maximum absolute atomic E-state index is 13.7. The molecule has 43 heavy (non-hydrogen) atoms. The molecule has 0 radical (unpaired) electrons. The molecule has 3 aromatic heterocycles. The second kappa shape index (κ2) is 11.7. The van der Waals surface area contributed by atoms with Crippen LogP contribution >= 0.6 is 0 Å². The number of carboxylic acid groups (broad SMARTS) is 1. The zero-order valence-corrected chi connectivity index (χ0v) is 25.6. The van der Waals surface area contributed by atoms with Gasteiger partial charge in [-0.3, -0.25) is 10.00 Å². The third-order valence-corrected chi connectivity index (χ3v) is 10.0. The van der Waals surface area contributed by atoms with Gasteiger partial charge >= 0.3 is 5.97 Å². The van der Waals surface area contributed by atoms with Gasteiger partial charge in [-0.1, -0.05) is 0 Å². The van der Waals surface area contributed by atoms with E-state index in [-0.39, 0.29) is 22.8 Å². The number of aromatic carboxylic acids is 1. The number of sulfone groups is 1. The van der Waals surface area contributed by atoms with Crippen molar-refractivity contribution >= 4 is 44.3 Å². The maximum Gasteiger partial charge on any atom is 0.338 e. The van der Waals surface area contributed by atoms with Crippen molar-refractivity contribution in [2.45, 2.75) is 44.3 Å². The summed E-state index contributed by atoms with van der Waals surface area (Å²) in [6.07, 6.45) is 4.03. The van der Waals surface area contributed by atoms with E-state index in [1.54, 1.807) is 32.9 Å². The third kappa shape index (κ3) is 6.22. The van der Waals surface area contributed by atoms with Crippen molar-refractivity contribution in [3.63, 3.8) is 0 Å². The van der Waals surface area contributed by atoms with E-state index in [2.05, 4.69) is 40.3 Å². The standard InChI is InChI=1S/C28H35N9O5S/c1-17-18(2)34-35-24(17)33-25-20-12-23(43(40,41)28(3,4)5)22(13-21(20)31-16-32-25)42-11-10-36-6-8-37(9-7-36)27-29-14-19(15-30-27)26(38)39/h12-16H,6-11H2,1-5H3,(H,38,39)(H2,31,32,33,34,35). The number of hydrogen-bond donors (Lipinski definition) is 3. The first-order chi connectivity index (χ1) is 20.3. The number of aromatic nitrogens is 6. The summed E-state index contributed by atoms with van der Waals surface area (Å²) in [5.74, 6) is 0.786. The number of carboxylic acids is 1. The van der Waals surface area contributed by atoms with Crippen LogP contribution in [0.25, 0.3) is 10.9 Å². The van der Waals surface area contributed by atoms with Crippen molar-refractivity contribution in [2.75, 3.05) is 49.5 Å². The molecule has 5 rings (SSSR count). The molecule has 0 amide bonds. The lowest BCUT2D eigenvalue weighted by Crippen LogP contribution is -2.48. The number of anilines is 3. The molecule has 0 unspecified atom stereocenters. The van der Waals surface area contributed by atoms with Crippen LogP contribution in [0.15, 0.2) is 35.7 Å². The zero-order chi connectivity index (χ0) is 30.9. The minimum Gasteiger partial charge on any atom is -0.491 e. The number of piperazine rings is 1. The number of benzene rings is 1. The largest absolute Gasteiger partial charge is 0.491 e. The van der Waals surface area contributed by atoms with Gasteiger partial charge in [-0.15, -0.1) is 0 Å². The molecule has 3 N–H and O–H groups in total. The van der Waals surface area contributed by atoms with E-state index in [1.165, 1.54) is 18.7 Å². The van der Waals surface area contributed by atoms with Gasteiger partial charge in [-0.05, 0) is 40.7 Å². The van der Waals surface area contributed by atoms with Gasteiger partial charge in [0.05, 0.1) is 21.5 Å². The van der Waals surface area contributed by atoms with Crippen LogP contribution in [0.1, 0.15) is 42.4 Å². The monoisotopic (exact) mass is 609 g/mol. The molecule has 1 aliphatic rings. The normalized spacial score (nSPS) is 14.7. The number of nitrogens with zero attached hydrogens (tertiary/aromatic N) is 7. The Morgan fingerprint density at radius 3 is 2.37 bits per heavy atom. The van der Waals surface area contributed by atoms with Crippen LogP contribution in [-0.4, -0.2) is 98.6 Å². The molecule has 0 bridgehead atoms. The zero-order valence-electron chi connectivity index (χ0n) is 24.7. The molecule has 14 nitrogen and oxygen atoms in total. The lowest BCUT2D eigenvalue weighted by Gasteiger charge is -2.34. The van der Waals surface area contributed by atoms with Crippen LogP contribution in [0.3, 0.4) is 0 Å². The highest BCUT2D eigenvalue weighted by Crippen LogP contribution is 2.37. The molecule has 4 heterocycles. The molecular weight excluding hydrogens is 574 g/mol. The van der Waals surface area contributed by atoms with E-state index in [0.29, 0.717) is 61.2 Å². The molecule has 0 saturated carbocycles. The fraction of sp³-hybridized carbons (Fsp3) is 0.429. The summed E-state index contributed by atoms with van der Waals surface area (Å²) in [6, 6.07) is 3.24. The van der Waals surface area contributed by atoms with Gasteiger partial charge in [0.2, 0.25) is 5.95 Å². The van der Waals surface area contributed by atoms with E-state index in [0.717, 1.165) is 11.3 Å². The highest BCUT2D eigenvalue weighted by molar-refractivity contribution is 7.92. The summed E-state index contributed by atoms with van der Waals surface area (Å²) in [4.78, 5) is 32.5. The molecule has 228 valence electrons. The third-order valence-electron chi connectivity index (χ3n) is 7.50. The summed E-state index contributed by atoms with van der Waals surface area (Å²) < 4.78 is 32.5. The highest BCUT2D eigenvalue weighted by Gasteiger charge is 2.34. The first-order valence-corrected chi connectivity index (χ1v) is 15.3. The van der Waals surface area contributed by atoms with E-state index < -0.39 is 20.6 Å². The minimum absolute atomic E-state index is 0.0445. The van der Waals surface area contributed by atoms with E-state index in [1.807, 2.05) is 18.7 Å². The van der Waals surface area contributed by atoms with Gasteiger partial charge in [0.1, 0.15) is 35.2 Å². The van der Waals surface area contributed by atoms with Crippen LogP contribution in [0.2, 0.25) is 0 Å². The number of H-pyrrole nitrogens is 1. The Labute approximate surface area is 249 Å². The summed E-state index contributed by atoms with van der Waals surface area (Å²) in [6.45, 7) is 12.4. The van der Waals surface area contributed by atoms with Crippen LogP contribution in [0.5, 0.6) is 5.75 Å². The quantitative estimate of drug-likeness (QED) is 0.252. The summed E-state index contributed by atoms with van der Waals surface area (Å²) in [5.41, 5.74) is 2.36. The molecule has 1 aromatic carbocycles. The average molecular weight is 610 g/mol. The Morgan fingerprint density at radius 2 is 1.77 bits per heavy atom. The number of carbonyl (C=O) groups is 1. The summed E-state index contributed by atoms with van der Waals surface area (Å²) in [7, 11) is -3.79. The Bertz CT molecular complexity index is 1740. The molecule has 1 aliphatic heterocycles. The van der Waals surface area contributed by atoms with E-state index in [4.69, 9.17) is 9.84 Å². The number of ether oxygens (including phenoxy) is 1. The van der Waals surface area contributed by atoms with Crippen molar-refractivity contribution < 1.29 is 23.1 Å². The fourth-order valence-corrected chi connectivity index (χ4v) is 5.91. The molecule has 1 fully saturated rings. The molecular formula is C28H35N9O5S. The van der Waals surface area contributed by atoms with Gasteiger partial charge in [-0.2, -0.15) is 5.10 Å². The van der Waals surface area contributed by atoms with E-state index in [9.17, 15) is 13.2 Å². The number of rotatable bonds is 9. The fourth-order valence-electron chi connectivity index (χ4n) is 4.60. The van der Waals surface area contributed by atoms with Crippen LogP contribution < -0.4 is 15.0 Å². The molecule has 0 aliphatic carbocycles. The number of fused-ring (bicyclic) bond motifs is 1. The van der Waals surface area contributed by atoms with Crippen molar-refractivity contribution in [3.8, 4) is 5.75 Å². The van der Waals surface area contributed by atoms with Gasteiger partial charge in [0, 0.05) is 62.1 Å². The topological polar surface area (TPSA) is 179 Å². The van der Waals surface area contributed by atoms with Crippen LogP contribution in [-0.2, 0) is 9.84 Å². The first kappa shape index (κ1) is 30.1. The highest BCUT2D eigenvalue weighted by atomic mass is 32.2. The second-order valence-corrected chi connectivity index (χ2v) is 14.0. The van der Waals surface area contributed by atoms with Gasteiger partial charge in [0.15, 0.2) is 9.84 Å². The van der Waals surface area contributed by atoms with Crippen molar-refractivity contribution in [2.24, 2.45) is 0 Å². The second-order valence-electron chi connectivity index (χ2n) is 11.3. The molecule has 4 aromatic rings. The lowest BCUT2D eigenvalue weighted by molar-refractivity contribution is 0.0696. The van der Waals surface area contributed by atoms with Crippen molar-refractivity contribution in [3.05, 3.63) is 47.7 Å². The minimum atomic E-state index is -3.79. The van der Waals surface area contributed by atoms with Gasteiger partial charge in [-0.25, -0.2) is 33.1 Å².